The highest BCUT2D eigenvalue weighted by Crippen LogP contribution is 2.38. The molecule has 0 saturated carbocycles. The maximum absolute atomic E-state index is 12.9. The second-order valence-corrected chi connectivity index (χ2v) is 7.63. The number of H-pyrrole nitrogens is 1. The van der Waals surface area contributed by atoms with Gasteiger partial charge in [0.05, 0.1) is 17.9 Å². The van der Waals surface area contributed by atoms with Gasteiger partial charge in [0, 0.05) is 48.4 Å². The molecule has 0 aliphatic rings. The number of nitrogens with one attached hydrogen (secondary N) is 3. The summed E-state index contributed by atoms with van der Waals surface area (Å²) >= 11 is 0. The van der Waals surface area contributed by atoms with Crippen molar-refractivity contribution in [3.8, 4) is 17.1 Å². The molecule has 6 N–H and O–H groups in total. The average Bonchev–Trinajstić information content (AvgIpc) is 3.47. The number of furan rings is 1. The van der Waals surface area contributed by atoms with E-state index in [1.54, 1.807) is 25.4 Å². The number of phenolic OH excluding ortho intramolecular Hbond substituents is 1. The number of benzene rings is 2. The van der Waals surface area contributed by atoms with Crippen LogP contribution in [0.1, 0.15) is 21.6 Å². The van der Waals surface area contributed by atoms with Crippen molar-refractivity contribution in [1.29, 1.82) is 0 Å². The third kappa shape index (κ3) is 4.58. The van der Waals surface area contributed by atoms with Gasteiger partial charge in [-0.05, 0) is 18.6 Å². The highest BCUT2D eigenvalue weighted by molar-refractivity contribution is 6.12. The minimum absolute atomic E-state index is 0.0408. The number of amides is 2. The normalized spacial score (nSPS) is 12.0. The van der Waals surface area contributed by atoms with Crippen LogP contribution >= 0.6 is 0 Å². The van der Waals surface area contributed by atoms with E-state index in [0.717, 1.165) is 11.3 Å². The Hall–Kier alpha value is -4.11. The maximum atomic E-state index is 12.9. The van der Waals surface area contributed by atoms with E-state index in [0.29, 0.717) is 47.2 Å². The topological polar surface area (TPSA) is 146 Å². The molecule has 2 amide bonds. The Morgan fingerprint density at radius 2 is 2.00 bits per heavy atom. The first-order valence-corrected chi connectivity index (χ1v) is 10.5. The van der Waals surface area contributed by atoms with E-state index in [9.17, 15) is 14.7 Å². The quantitative estimate of drug-likeness (QED) is 0.266. The largest absolute Gasteiger partial charge is 0.508 e. The SMILES string of the molecule is CNC(=O)c1c(-c2ccccc2)oc2ccc(O)c(CCN[C@@H](Cc3cnc[nH]3)C(N)=O)c12. The molecule has 2 aromatic carbocycles. The molecule has 170 valence electrons. The van der Waals surface area contributed by atoms with Gasteiger partial charge < -0.3 is 30.9 Å². The third-order valence-electron chi connectivity index (χ3n) is 5.52. The number of carbonyl (C=O) groups is 2. The Kier molecular flexibility index (Phi) is 6.41. The number of nitrogens with zero attached hydrogens (tertiary/aromatic N) is 1. The predicted octanol–water partition coefficient (Wildman–Crippen LogP) is 2.12. The highest BCUT2D eigenvalue weighted by Gasteiger charge is 2.25. The molecular weight excluding hydrogens is 422 g/mol. The van der Waals surface area contributed by atoms with Crippen molar-refractivity contribution >= 4 is 22.8 Å². The summed E-state index contributed by atoms with van der Waals surface area (Å²) in [4.78, 5) is 31.7. The average molecular weight is 447 g/mol. The van der Waals surface area contributed by atoms with Crippen LogP contribution in [0.15, 0.2) is 59.4 Å². The molecule has 2 heterocycles. The number of nitrogens with two attached hydrogens (primary N) is 1. The van der Waals surface area contributed by atoms with Crippen molar-refractivity contribution < 1.29 is 19.1 Å². The van der Waals surface area contributed by atoms with Crippen LogP contribution in [0, 0.1) is 0 Å². The standard InChI is InChI=1S/C24H25N5O4/c1-26-24(32)21-20-16(9-10-28-17(23(25)31)11-15-12-27-13-29-15)18(30)7-8-19(20)33-22(21)14-5-3-2-4-6-14/h2-8,12-13,17,28,30H,9-11H2,1H3,(H2,25,31)(H,26,32)(H,27,29)/t17-/m0/s1. The second-order valence-electron chi connectivity index (χ2n) is 7.63. The Morgan fingerprint density at radius 1 is 1.21 bits per heavy atom. The van der Waals surface area contributed by atoms with Crippen molar-refractivity contribution in [2.45, 2.75) is 18.9 Å². The number of aromatic hydroxyl groups is 1. The third-order valence-corrected chi connectivity index (χ3v) is 5.52. The van der Waals surface area contributed by atoms with Gasteiger partial charge in [-0.25, -0.2) is 4.98 Å². The molecular formula is C24H25N5O4. The molecule has 9 nitrogen and oxygen atoms in total. The van der Waals surface area contributed by atoms with Gasteiger partial charge in [0.15, 0.2) is 0 Å². The fourth-order valence-electron chi connectivity index (χ4n) is 3.90. The molecule has 9 heteroatoms. The molecule has 1 atom stereocenters. The van der Waals surface area contributed by atoms with E-state index < -0.39 is 11.9 Å². The number of hydrogen-bond donors (Lipinski definition) is 5. The summed E-state index contributed by atoms with van der Waals surface area (Å²) in [6.07, 6.45) is 3.87. The molecule has 33 heavy (non-hydrogen) atoms. The van der Waals surface area contributed by atoms with Crippen molar-refractivity contribution in [2.75, 3.05) is 13.6 Å². The Balaban J connectivity index is 1.67. The van der Waals surface area contributed by atoms with Gasteiger partial charge in [-0.1, -0.05) is 30.3 Å². The van der Waals surface area contributed by atoms with Gasteiger partial charge in [-0.15, -0.1) is 0 Å². The summed E-state index contributed by atoms with van der Waals surface area (Å²) in [5.41, 5.74) is 8.48. The van der Waals surface area contributed by atoms with Crippen molar-refractivity contribution in [1.82, 2.24) is 20.6 Å². The predicted molar refractivity (Wildman–Crippen MR) is 124 cm³/mol. The van der Waals surface area contributed by atoms with Crippen LogP contribution in [0.4, 0.5) is 0 Å². The number of phenols is 1. The number of primary amides is 1. The molecule has 0 spiro atoms. The fraction of sp³-hybridized carbons (Fsp3) is 0.208. The summed E-state index contributed by atoms with van der Waals surface area (Å²) in [6.45, 7) is 0.341. The number of hydrogen-bond acceptors (Lipinski definition) is 6. The summed E-state index contributed by atoms with van der Waals surface area (Å²) in [5.74, 6) is -0.340. The van der Waals surface area contributed by atoms with E-state index in [4.69, 9.17) is 10.2 Å². The zero-order chi connectivity index (χ0) is 23.4. The zero-order valence-electron chi connectivity index (χ0n) is 18.1. The minimum Gasteiger partial charge on any atom is -0.508 e. The number of rotatable bonds is 9. The monoisotopic (exact) mass is 447 g/mol. The van der Waals surface area contributed by atoms with Crippen molar-refractivity contribution in [3.63, 3.8) is 0 Å². The van der Waals surface area contributed by atoms with Crippen LogP contribution in [0.5, 0.6) is 5.75 Å². The number of aromatic amines is 1. The van der Waals surface area contributed by atoms with E-state index in [1.807, 2.05) is 30.3 Å². The van der Waals surface area contributed by atoms with Crippen LogP contribution in [0.3, 0.4) is 0 Å². The summed E-state index contributed by atoms with van der Waals surface area (Å²) in [5, 5.41) is 17.0. The molecule has 0 radical (unpaired) electrons. The minimum atomic E-state index is -0.616. The van der Waals surface area contributed by atoms with Gasteiger partial charge in [-0.3, -0.25) is 9.59 Å². The fourth-order valence-corrected chi connectivity index (χ4v) is 3.90. The molecule has 4 rings (SSSR count). The van der Waals surface area contributed by atoms with Crippen LogP contribution in [-0.2, 0) is 17.6 Å². The first-order valence-electron chi connectivity index (χ1n) is 10.5. The van der Waals surface area contributed by atoms with E-state index in [2.05, 4.69) is 20.6 Å². The molecule has 4 aromatic rings. The summed E-state index contributed by atoms with van der Waals surface area (Å²) in [7, 11) is 1.55. The smallest absolute Gasteiger partial charge is 0.255 e. The molecule has 0 saturated heterocycles. The second kappa shape index (κ2) is 9.58. The molecule has 0 unspecified atom stereocenters. The molecule has 0 aliphatic carbocycles. The number of aromatic nitrogens is 2. The molecule has 2 aromatic heterocycles. The van der Waals surface area contributed by atoms with Crippen molar-refractivity contribution in [3.05, 3.63) is 71.8 Å². The zero-order valence-corrected chi connectivity index (χ0v) is 18.1. The Bertz CT molecular complexity index is 1270. The first-order chi connectivity index (χ1) is 16.0. The van der Waals surface area contributed by atoms with Gasteiger partial charge in [-0.2, -0.15) is 0 Å². The molecule has 0 aliphatic heterocycles. The van der Waals surface area contributed by atoms with Crippen molar-refractivity contribution in [2.24, 2.45) is 5.73 Å². The van der Waals surface area contributed by atoms with Gasteiger partial charge in [0.2, 0.25) is 5.91 Å². The lowest BCUT2D eigenvalue weighted by atomic mass is 9.98. The van der Waals surface area contributed by atoms with E-state index in [-0.39, 0.29) is 11.7 Å². The van der Waals surface area contributed by atoms with E-state index in [1.165, 1.54) is 6.33 Å². The van der Waals surface area contributed by atoms with Crippen LogP contribution in [-0.4, -0.2) is 46.5 Å². The van der Waals surface area contributed by atoms with Crippen LogP contribution < -0.4 is 16.4 Å². The maximum Gasteiger partial charge on any atom is 0.255 e. The van der Waals surface area contributed by atoms with Gasteiger partial charge in [0.1, 0.15) is 17.1 Å². The summed E-state index contributed by atoms with van der Waals surface area (Å²) < 4.78 is 6.06. The number of imidazole rings is 1. The molecule has 0 bridgehead atoms. The lowest BCUT2D eigenvalue weighted by molar-refractivity contribution is -0.120. The van der Waals surface area contributed by atoms with Gasteiger partial charge in [0.25, 0.3) is 5.91 Å². The summed E-state index contributed by atoms with van der Waals surface area (Å²) in [6, 6.07) is 11.9. The lowest BCUT2D eigenvalue weighted by Gasteiger charge is -2.15. The number of carbonyl (C=O) groups excluding carboxylic acids is 2. The van der Waals surface area contributed by atoms with Gasteiger partial charge >= 0.3 is 0 Å². The highest BCUT2D eigenvalue weighted by atomic mass is 16.3. The Labute approximate surface area is 190 Å². The van der Waals surface area contributed by atoms with Crippen LogP contribution in [0.2, 0.25) is 0 Å². The Morgan fingerprint density at radius 3 is 2.67 bits per heavy atom. The van der Waals surface area contributed by atoms with Crippen LogP contribution in [0.25, 0.3) is 22.3 Å². The molecule has 0 fully saturated rings. The van der Waals surface area contributed by atoms with E-state index >= 15 is 0 Å². The number of fused-ring (bicyclic) bond motifs is 1. The lowest BCUT2D eigenvalue weighted by Crippen LogP contribution is -2.43. The first kappa shape index (κ1) is 22.1.